The molecule has 0 aliphatic rings. The maximum Gasteiger partial charge on any atom is 1.00 e. The fourth-order valence-electron chi connectivity index (χ4n) is 5.02. The van der Waals surface area contributed by atoms with E-state index in [1.165, 1.54) is 12.1 Å². The van der Waals surface area contributed by atoms with Crippen LogP contribution in [-0.4, -0.2) is 5.11 Å². The van der Waals surface area contributed by atoms with E-state index < -0.39 is 46.4 Å². The summed E-state index contributed by atoms with van der Waals surface area (Å²) in [7, 11) is 0. The molecule has 0 heterocycles. The summed E-state index contributed by atoms with van der Waals surface area (Å²) in [5.41, 5.74) is -0.729. The summed E-state index contributed by atoms with van der Waals surface area (Å²) in [6.07, 6.45) is 0. The smallest absolute Gasteiger partial charge is 0.872 e. The maximum absolute atomic E-state index is 14.2. The van der Waals surface area contributed by atoms with E-state index >= 15 is 0 Å². The molecule has 0 aliphatic heterocycles. The fraction of sp³-hybridized carbons (Fsp3) is 0. The van der Waals surface area contributed by atoms with Crippen LogP contribution in [0.4, 0.5) is 26.3 Å². The predicted molar refractivity (Wildman–Crippen MR) is 139 cm³/mol. The molecule has 1 N–H and O–H groups in total. The summed E-state index contributed by atoms with van der Waals surface area (Å²) in [5.74, 6) is -10.5. The Hall–Kier alpha value is -4.38. The average molecular weight is 552 g/mol. The second-order valence-corrected chi connectivity index (χ2v) is 9.23. The maximum atomic E-state index is 14.2. The zero-order valence-corrected chi connectivity index (χ0v) is 21.2. The van der Waals surface area contributed by atoms with Crippen LogP contribution in [0, 0.1) is 34.9 Å². The summed E-state index contributed by atoms with van der Waals surface area (Å²) in [6, 6.07) is 18.9. The van der Waals surface area contributed by atoms with E-state index in [2.05, 4.69) is 0 Å². The molecule has 0 saturated heterocycles. The van der Waals surface area contributed by atoms with Gasteiger partial charge in [-0.3, -0.25) is 0 Å². The zero-order valence-electron chi connectivity index (χ0n) is 21.2. The number of hydrogen-bond donors (Lipinski definition) is 1. The van der Waals surface area contributed by atoms with Crippen LogP contribution in [0.15, 0.2) is 84.9 Å². The topological polar surface area (TPSA) is 43.3 Å². The molecule has 6 aromatic rings. The van der Waals surface area contributed by atoms with Gasteiger partial charge in [0.05, 0.1) is 0 Å². The first-order chi connectivity index (χ1) is 19.2. The Morgan fingerprint density at radius 2 is 0.902 bits per heavy atom. The standard InChI is InChI=1S/C32H16F6O2.Li/c33-23-11-17(12-24(34)29(23)37)21-9-15-5-1-3-7-19(15)27(31(21)39)28-20-8-4-2-6-16(20)10-22(32(28)40)18-13-25(35)30(38)26(36)14-18;/h1-14,39-40H;/q;+1/p-1. The normalized spacial score (nSPS) is 11.2. The number of phenolic OH excluding ortho intramolecular Hbond substituents is 1. The van der Waals surface area contributed by atoms with Crippen molar-refractivity contribution >= 4 is 21.5 Å². The molecular weight excluding hydrogens is 537 g/mol. The molecule has 0 spiro atoms. The van der Waals surface area contributed by atoms with Gasteiger partial charge < -0.3 is 10.2 Å². The summed E-state index contributed by atoms with van der Waals surface area (Å²) in [6.45, 7) is 0. The number of hydrogen-bond acceptors (Lipinski definition) is 2. The molecule has 6 rings (SSSR count). The molecule has 0 atom stereocenters. The SMILES string of the molecule is [Li+].[O-]c1c(-c2cc(F)c(F)c(F)c2)cc2ccccc2c1-c1c(O)c(-c2cc(F)c(F)c(F)c2)cc2ccccc12. The van der Waals surface area contributed by atoms with Gasteiger partial charge in [-0.2, -0.15) is 0 Å². The second kappa shape index (κ2) is 10.5. The summed E-state index contributed by atoms with van der Waals surface area (Å²) >= 11 is 0. The third-order valence-corrected chi connectivity index (χ3v) is 6.86. The number of rotatable bonds is 3. The van der Waals surface area contributed by atoms with Crippen LogP contribution in [0.3, 0.4) is 0 Å². The van der Waals surface area contributed by atoms with Gasteiger partial charge in [-0.25, -0.2) is 26.3 Å². The third kappa shape index (κ3) is 4.59. The van der Waals surface area contributed by atoms with Crippen LogP contribution < -0.4 is 24.0 Å². The Balaban J connectivity index is 0.00000337. The van der Waals surface area contributed by atoms with Crippen LogP contribution in [0.2, 0.25) is 0 Å². The molecule has 0 unspecified atom stereocenters. The van der Waals surface area contributed by atoms with Gasteiger partial charge in [-0.05, 0) is 80.2 Å². The molecular formula is C32H15F6LiO2. The molecule has 6 aromatic carbocycles. The molecule has 0 aromatic heterocycles. The Kier molecular flexibility index (Phi) is 7.24. The summed E-state index contributed by atoms with van der Waals surface area (Å²) < 4.78 is 84.1. The average Bonchev–Trinajstić information content (AvgIpc) is 2.94. The number of fused-ring (bicyclic) bond motifs is 2. The van der Waals surface area contributed by atoms with Gasteiger partial charge in [-0.1, -0.05) is 54.3 Å². The van der Waals surface area contributed by atoms with Crippen LogP contribution in [-0.2, 0) is 0 Å². The predicted octanol–water partition coefficient (Wildman–Crippen LogP) is 5.61. The van der Waals surface area contributed by atoms with E-state index in [-0.39, 0.29) is 52.2 Å². The molecule has 9 heteroatoms. The van der Waals surface area contributed by atoms with Gasteiger partial charge in [0.2, 0.25) is 0 Å². The van der Waals surface area contributed by atoms with Crippen molar-refractivity contribution in [3.05, 3.63) is 120 Å². The molecule has 0 radical (unpaired) electrons. The third-order valence-electron chi connectivity index (χ3n) is 6.86. The van der Waals surface area contributed by atoms with Gasteiger partial charge in [0, 0.05) is 11.1 Å². The van der Waals surface area contributed by atoms with Gasteiger partial charge in [0.1, 0.15) is 5.75 Å². The molecule has 198 valence electrons. The quantitative estimate of drug-likeness (QED) is 0.176. The first-order valence-electron chi connectivity index (χ1n) is 11.9. The number of phenols is 1. The largest absolute Gasteiger partial charge is 1.00 e. The Labute approximate surface area is 241 Å². The van der Waals surface area contributed by atoms with Crippen molar-refractivity contribution in [3.63, 3.8) is 0 Å². The Morgan fingerprint density at radius 3 is 1.39 bits per heavy atom. The van der Waals surface area contributed by atoms with Crippen molar-refractivity contribution in [2.45, 2.75) is 0 Å². The van der Waals surface area contributed by atoms with Crippen LogP contribution >= 0.6 is 0 Å². The zero-order chi connectivity index (χ0) is 28.3. The van der Waals surface area contributed by atoms with Crippen molar-refractivity contribution in [1.82, 2.24) is 0 Å². The van der Waals surface area contributed by atoms with Crippen LogP contribution in [0.5, 0.6) is 11.5 Å². The van der Waals surface area contributed by atoms with Crippen molar-refractivity contribution in [1.29, 1.82) is 0 Å². The van der Waals surface area contributed by atoms with Crippen LogP contribution in [0.25, 0.3) is 54.9 Å². The van der Waals surface area contributed by atoms with Crippen molar-refractivity contribution in [3.8, 4) is 44.9 Å². The number of halogens is 6. The van der Waals surface area contributed by atoms with E-state index in [0.717, 1.165) is 12.1 Å². The van der Waals surface area contributed by atoms with E-state index in [1.54, 1.807) is 48.5 Å². The number of aromatic hydroxyl groups is 1. The van der Waals surface area contributed by atoms with Gasteiger partial charge in [0.15, 0.2) is 34.9 Å². The summed E-state index contributed by atoms with van der Waals surface area (Å²) in [4.78, 5) is 0. The van der Waals surface area contributed by atoms with Gasteiger partial charge >= 0.3 is 18.9 Å². The second-order valence-electron chi connectivity index (χ2n) is 9.23. The van der Waals surface area contributed by atoms with Gasteiger partial charge in [0.25, 0.3) is 0 Å². The molecule has 0 amide bonds. The first kappa shape index (κ1) is 28.2. The van der Waals surface area contributed by atoms with Crippen molar-refractivity contribution in [2.24, 2.45) is 0 Å². The van der Waals surface area contributed by atoms with Crippen molar-refractivity contribution in [2.75, 3.05) is 0 Å². The minimum Gasteiger partial charge on any atom is -0.872 e. The first-order valence-corrected chi connectivity index (χ1v) is 11.9. The number of benzene rings is 6. The molecule has 0 fully saturated rings. The molecule has 0 aliphatic carbocycles. The van der Waals surface area contributed by atoms with E-state index in [4.69, 9.17) is 0 Å². The van der Waals surface area contributed by atoms with E-state index in [1.807, 2.05) is 0 Å². The molecule has 41 heavy (non-hydrogen) atoms. The molecule has 0 saturated carbocycles. The minimum atomic E-state index is -1.69. The monoisotopic (exact) mass is 552 g/mol. The molecule has 0 bridgehead atoms. The van der Waals surface area contributed by atoms with Crippen molar-refractivity contribution < 1.29 is 55.4 Å². The minimum absolute atomic E-state index is 0. The fourth-order valence-corrected chi connectivity index (χ4v) is 5.02. The summed E-state index contributed by atoms with van der Waals surface area (Å²) in [5, 5.41) is 27.3. The van der Waals surface area contributed by atoms with E-state index in [9.17, 15) is 36.6 Å². The van der Waals surface area contributed by atoms with Gasteiger partial charge in [-0.15, -0.1) is 0 Å². The van der Waals surface area contributed by atoms with Crippen LogP contribution in [0.1, 0.15) is 0 Å². The Morgan fingerprint density at radius 1 is 0.512 bits per heavy atom. The molecule has 2 nitrogen and oxygen atoms in total. The van der Waals surface area contributed by atoms with E-state index in [0.29, 0.717) is 33.7 Å². The Bertz CT molecular complexity index is 1820.